The van der Waals surface area contributed by atoms with Crippen molar-refractivity contribution in [1.82, 2.24) is 9.74 Å². The van der Waals surface area contributed by atoms with Gasteiger partial charge in [-0.25, -0.2) is 0 Å². The third-order valence-electron chi connectivity index (χ3n) is 2.73. The Morgan fingerprint density at radius 3 is 3.12 bits per heavy atom. The van der Waals surface area contributed by atoms with Crippen LogP contribution in [0.1, 0.15) is 12.8 Å². The number of carbonyl (C=O) groups excluding carboxylic acids is 2. The highest BCUT2D eigenvalue weighted by atomic mass is 35.5. The Bertz CT molecular complexity index is 386. The van der Waals surface area contributed by atoms with Gasteiger partial charge in [-0.2, -0.15) is 0 Å². The summed E-state index contributed by atoms with van der Waals surface area (Å²) in [5.41, 5.74) is 0.394. The van der Waals surface area contributed by atoms with Gasteiger partial charge in [-0.3, -0.25) is 14.0 Å². The van der Waals surface area contributed by atoms with E-state index in [2.05, 4.69) is 5.32 Å². The van der Waals surface area contributed by atoms with Crippen LogP contribution in [-0.4, -0.2) is 35.9 Å². The summed E-state index contributed by atoms with van der Waals surface area (Å²) in [5.74, 6) is 0.193. The average molecular weight is 257 g/mol. The van der Waals surface area contributed by atoms with Crippen LogP contribution >= 0.6 is 11.8 Å². The van der Waals surface area contributed by atoms with E-state index in [9.17, 15) is 9.59 Å². The second-order valence-electron chi connectivity index (χ2n) is 3.84. The lowest BCUT2D eigenvalue weighted by molar-refractivity contribution is -0.123. The molecule has 1 amide bonds. The van der Waals surface area contributed by atoms with Crippen LogP contribution in [0.5, 0.6) is 0 Å². The van der Waals surface area contributed by atoms with Crippen LogP contribution in [-0.2, 0) is 14.3 Å². The number of ketones is 1. The van der Waals surface area contributed by atoms with E-state index in [4.69, 9.17) is 16.5 Å². The summed E-state index contributed by atoms with van der Waals surface area (Å²) in [7, 11) is 0. The number of rotatable bonds is 4. The SMILES string of the molecule is O=CNC1=C(C(=O)C2CCCO2)C=CCN1Cl. The molecule has 1 N–H and O–H groups in total. The van der Waals surface area contributed by atoms with E-state index >= 15 is 0 Å². The summed E-state index contributed by atoms with van der Waals surface area (Å²) in [6.45, 7) is 1.05. The molecule has 2 rings (SSSR count). The number of halogens is 1. The molecule has 0 saturated carbocycles. The molecule has 5 nitrogen and oxygen atoms in total. The van der Waals surface area contributed by atoms with Crippen molar-refractivity contribution in [3.05, 3.63) is 23.5 Å². The summed E-state index contributed by atoms with van der Waals surface area (Å²) in [4.78, 5) is 22.7. The summed E-state index contributed by atoms with van der Waals surface area (Å²) >= 11 is 5.92. The van der Waals surface area contributed by atoms with E-state index in [-0.39, 0.29) is 5.78 Å². The van der Waals surface area contributed by atoms with Crippen molar-refractivity contribution in [2.24, 2.45) is 0 Å². The van der Waals surface area contributed by atoms with Gasteiger partial charge in [-0.05, 0) is 18.9 Å². The quantitative estimate of drug-likeness (QED) is 0.595. The van der Waals surface area contributed by atoms with Crippen LogP contribution in [0.3, 0.4) is 0 Å². The normalized spacial score (nSPS) is 24.1. The van der Waals surface area contributed by atoms with Crippen molar-refractivity contribution in [2.75, 3.05) is 13.2 Å². The molecule has 0 spiro atoms. The third kappa shape index (κ3) is 2.50. The first-order valence-electron chi connectivity index (χ1n) is 5.44. The lowest BCUT2D eigenvalue weighted by Gasteiger charge is -2.23. The second kappa shape index (κ2) is 5.33. The van der Waals surface area contributed by atoms with E-state index < -0.39 is 6.10 Å². The molecule has 1 atom stereocenters. The topological polar surface area (TPSA) is 58.6 Å². The van der Waals surface area contributed by atoms with Gasteiger partial charge in [-0.15, -0.1) is 0 Å². The highest BCUT2D eigenvalue weighted by Gasteiger charge is 2.29. The minimum Gasteiger partial charge on any atom is -0.370 e. The van der Waals surface area contributed by atoms with E-state index in [1.807, 2.05) is 0 Å². The number of allylic oxidation sites excluding steroid dienone is 1. The van der Waals surface area contributed by atoms with Crippen molar-refractivity contribution < 1.29 is 14.3 Å². The molecule has 2 aliphatic heterocycles. The maximum atomic E-state index is 12.2. The maximum Gasteiger partial charge on any atom is 0.212 e. The van der Waals surface area contributed by atoms with Gasteiger partial charge >= 0.3 is 0 Å². The molecule has 6 heteroatoms. The fraction of sp³-hybridized carbons (Fsp3) is 0.455. The molecule has 0 aromatic carbocycles. The molecule has 17 heavy (non-hydrogen) atoms. The first kappa shape index (κ1) is 12.1. The first-order valence-corrected chi connectivity index (χ1v) is 5.78. The van der Waals surface area contributed by atoms with Crippen molar-refractivity contribution in [1.29, 1.82) is 0 Å². The Balaban J connectivity index is 2.25. The number of amides is 1. The summed E-state index contributed by atoms with van der Waals surface area (Å²) < 4.78 is 6.64. The van der Waals surface area contributed by atoms with Gasteiger partial charge in [0.1, 0.15) is 11.9 Å². The molecule has 1 fully saturated rings. The molecular formula is C11H13ClN2O3. The van der Waals surface area contributed by atoms with E-state index in [1.54, 1.807) is 12.2 Å². The van der Waals surface area contributed by atoms with Crippen molar-refractivity contribution in [3.8, 4) is 0 Å². The number of hydrogen-bond donors (Lipinski definition) is 1. The van der Waals surface area contributed by atoms with Crippen LogP contribution in [0.25, 0.3) is 0 Å². The Labute approximate surface area is 104 Å². The van der Waals surface area contributed by atoms with Crippen LogP contribution < -0.4 is 5.32 Å². The molecule has 0 aromatic rings. The number of ether oxygens (including phenoxy) is 1. The zero-order chi connectivity index (χ0) is 12.3. The Morgan fingerprint density at radius 2 is 2.47 bits per heavy atom. The summed E-state index contributed by atoms with van der Waals surface area (Å²) in [6, 6.07) is 0. The van der Waals surface area contributed by atoms with Gasteiger partial charge < -0.3 is 10.1 Å². The Kier molecular flexibility index (Phi) is 3.81. The largest absolute Gasteiger partial charge is 0.370 e. The van der Waals surface area contributed by atoms with Gasteiger partial charge in [0.05, 0.1) is 12.1 Å². The molecule has 1 unspecified atom stereocenters. The standard InChI is InChI=1S/C11H13ClN2O3/c12-14-5-1-3-8(11(14)13-7-15)10(16)9-4-2-6-17-9/h1,3,7,9H,2,4-6H2,(H,13,15). The lowest BCUT2D eigenvalue weighted by atomic mass is 10.0. The van der Waals surface area contributed by atoms with Gasteiger partial charge in [-0.1, -0.05) is 6.08 Å². The van der Waals surface area contributed by atoms with Gasteiger partial charge in [0.2, 0.25) is 6.41 Å². The minimum absolute atomic E-state index is 0.131. The third-order valence-corrected chi connectivity index (χ3v) is 3.04. The number of hydrogen-bond acceptors (Lipinski definition) is 4. The highest BCUT2D eigenvalue weighted by molar-refractivity contribution is 6.15. The molecule has 2 aliphatic rings. The molecule has 0 radical (unpaired) electrons. The predicted molar refractivity (Wildman–Crippen MR) is 61.9 cm³/mol. The van der Waals surface area contributed by atoms with Crippen LogP contribution in [0, 0.1) is 0 Å². The van der Waals surface area contributed by atoms with E-state index in [1.165, 1.54) is 4.42 Å². The lowest BCUT2D eigenvalue weighted by Crippen LogP contribution is -2.33. The predicted octanol–water partition coefficient (Wildman–Crippen LogP) is 0.718. The summed E-state index contributed by atoms with van der Waals surface area (Å²) in [5, 5.41) is 2.45. The Morgan fingerprint density at radius 1 is 1.65 bits per heavy atom. The van der Waals surface area contributed by atoms with Crippen molar-refractivity contribution >= 4 is 24.0 Å². The second-order valence-corrected chi connectivity index (χ2v) is 4.25. The molecule has 2 heterocycles. The zero-order valence-corrected chi connectivity index (χ0v) is 9.94. The molecule has 92 valence electrons. The van der Waals surface area contributed by atoms with Crippen LogP contribution in [0.4, 0.5) is 0 Å². The molecule has 0 bridgehead atoms. The molecular weight excluding hydrogens is 244 g/mol. The Hall–Kier alpha value is -1.33. The van der Waals surface area contributed by atoms with Crippen molar-refractivity contribution in [3.63, 3.8) is 0 Å². The highest BCUT2D eigenvalue weighted by Crippen LogP contribution is 2.23. The molecule has 0 aromatic heterocycles. The fourth-order valence-electron chi connectivity index (χ4n) is 1.92. The van der Waals surface area contributed by atoms with Crippen LogP contribution in [0.15, 0.2) is 23.5 Å². The maximum absolute atomic E-state index is 12.2. The smallest absolute Gasteiger partial charge is 0.212 e. The van der Waals surface area contributed by atoms with Gasteiger partial charge in [0.15, 0.2) is 5.78 Å². The number of carbonyl (C=O) groups is 2. The minimum atomic E-state index is -0.415. The first-order chi connectivity index (χ1) is 8.24. The summed E-state index contributed by atoms with van der Waals surface area (Å²) in [6.07, 6.45) is 5.13. The van der Waals surface area contributed by atoms with Crippen LogP contribution in [0.2, 0.25) is 0 Å². The van der Waals surface area contributed by atoms with E-state index in [0.717, 1.165) is 6.42 Å². The number of Topliss-reactive ketones (excluding diaryl/α,β-unsaturated/α-hetero) is 1. The molecule has 1 saturated heterocycles. The van der Waals surface area contributed by atoms with Gasteiger partial charge in [0.25, 0.3) is 0 Å². The fourth-order valence-corrected chi connectivity index (χ4v) is 2.14. The average Bonchev–Trinajstić information content (AvgIpc) is 2.85. The van der Waals surface area contributed by atoms with E-state index in [0.29, 0.717) is 37.4 Å². The number of nitrogens with zero attached hydrogens (tertiary/aromatic N) is 1. The van der Waals surface area contributed by atoms with Gasteiger partial charge in [0, 0.05) is 18.4 Å². The zero-order valence-electron chi connectivity index (χ0n) is 9.19. The molecule has 0 aliphatic carbocycles. The van der Waals surface area contributed by atoms with Crippen molar-refractivity contribution in [2.45, 2.75) is 18.9 Å². The number of nitrogens with one attached hydrogen (secondary N) is 1. The monoisotopic (exact) mass is 256 g/mol.